The molecule has 0 atom stereocenters. The summed E-state index contributed by atoms with van der Waals surface area (Å²) in [5.74, 6) is 0.118. The summed E-state index contributed by atoms with van der Waals surface area (Å²) < 4.78 is 5.54. The maximum Gasteiger partial charge on any atom is 0.207 e. The number of rotatable bonds is 0. The first-order chi connectivity index (χ1) is 8.18. The molecule has 1 aromatic heterocycles. The number of aryl methyl sites for hydroxylation is 1. The van der Waals surface area contributed by atoms with E-state index in [4.69, 9.17) is 4.42 Å². The van der Waals surface area contributed by atoms with Crippen molar-refractivity contribution >= 4 is 16.8 Å². The second-order valence-electron chi connectivity index (χ2n) is 4.16. The van der Waals surface area contributed by atoms with E-state index in [-0.39, 0.29) is 22.5 Å². The van der Waals surface area contributed by atoms with Gasteiger partial charge in [-0.3, -0.25) is 9.59 Å². The van der Waals surface area contributed by atoms with Gasteiger partial charge in [0.15, 0.2) is 5.78 Å². The Kier molecular flexibility index (Phi) is 2.04. The molecule has 0 aliphatic heterocycles. The van der Waals surface area contributed by atoms with Crippen LogP contribution in [0.5, 0.6) is 5.75 Å². The Balaban J connectivity index is 2.49. The summed E-state index contributed by atoms with van der Waals surface area (Å²) in [5, 5.41) is 9.77. The van der Waals surface area contributed by atoms with Gasteiger partial charge in [-0.15, -0.1) is 0 Å². The summed E-state index contributed by atoms with van der Waals surface area (Å²) in [6.07, 6.45) is 1.68. The molecular weight excluding hydrogens is 220 g/mol. The number of carbonyl (C=O) groups is 1. The maximum absolute atomic E-state index is 12.2. The van der Waals surface area contributed by atoms with Crippen LogP contribution < -0.4 is 5.43 Å². The van der Waals surface area contributed by atoms with Crippen molar-refractivity contribution in [3.63, 3.8) is 0 Å². The van der Waals surface area contributed by atoms with Crippen molar-refractivity contribution in [2.75, 3.05) is 0 Å². The summed E-state index contributed by atoms with van der Waals surface area (Å²) >= 11 is 0. The van der Waals surface area contributed by atoms with Gasteiger partial charge in [0.25, 0.3) is 0 Å². The molecule has 0 saturated carbocycles. The first-order valence-electron chi connectivity index (χ1n) is 5.49. The van der Waals surface area contributed by atoms with Crippen LogP contribution in [0.25, 0.3) is 11.0 Å². The fraction of sp³-hybridized carbons (Fsp3) is 0.231. The van der Waals surface area contributed by atoms with Crippen molar-refractivity contribution in [2.45, 2.75) is 19.3 Å². The van der Waals surface area contributed by atoms with Crippen LogP contribution in [0.4, 0.5) is 0 Å². The van der Waals surface area contributed by atoms with Crippen LogP contribution in [0.15, 0.2) is 27.4 Å². The van der Waals surface area contributed by atoms with E-state index in [1.165, 1.54) is 6.07 Å². The number of fused-ring (bicyclic) bond motifs is 2. The van der Waals surface area contributed by atoms with Gasteiger partial charge < -0.3 is 9.52 Å². The standard InChI is InChI=1S/C13H10O4/c14-7-3-1-5-9-11(7)13(16)12-8(15)4-2-6-10(12)17-9/h1,3,5,14H,2,4,6H2. The van der Waals surface area contributed by atoms with E-state index >= 15 is 0 Å². The third kappa shape index (κ3) is 1.37. The minimum absolute atomic E-state index is 0.0986. The summed E-state index contributed by atoms with van der Waals surface area (Å²) in [5.41, 5.74) is 0.0396. The molecule has 86 valence electrons. The molecule has 17 heavy (non-hydrogen) atoms. The monoisotopic (exact) mass is 230 g/mol. The van der Waals surface area contributed by atoms with E-state index in [9.17, 15) is 14.7 Å². The Hall–Kier alpha value is -2.10. The highest BCUT2D eigenvalue weighted by Gasteiger charge is 2.25. The Morgan fingerprint density at radius 3 is 2.82 bits per heavy atom. The molecule has 0 amide bonds. The summed E-state index contributed by atoms with van der Waals surface area (Å²) in [4.78, 5) is 23.9. The number of Topliss-reactive ketones (excluding diaryl/α,β-unsaturated/α-hetero) is 1. The molecular formula is C13H10O4. The van der Waals surface area contributed by atoms with E-state index in [0.717, 1.165) is 0 Å². The Bertz CT molecular complexity index is 682. The number of ketones is 1. The second kappa shape index (κ2) is 3.45. The van der Waals surface area contributed by atoms with Crippen LogP contribution in [0.1, 0.15) is 29.0 Å². The summed E-state index contributed by atoms with van der Waals surface area (Å²) in [6.45, 7) is 0. The molecule has 0 bridgehead atoms. The van der Waals surface area contributed by atoms with Crippen LogP contribution in [0.2, 0.25) is 0 Å². The predicted molar refractivity (Wildman–Crippen MR) is 61.4 cm³/mol. The largest absolute Gasteiger partial charge is 0.507 e. The van der Waals surface area contributed by atoms with E-state index in [2.05, 4.69) is 0 Å². The number of phenolic OH excluding ortho intramolecular Hbond substituents is 1. The molecule has 1 aliphatic carbocycles. The SMILES string of the molecule is O=C1CCCc2oc3cccc(O)c3c(=O)c21. The maximum atomic E-state index is 12.2. The van der Waals surface area contributed by atoms with Gasteiger partial charge in [0.05, 0.1) is 0 Å². The lowest BCUT2D eigenvalue weighted by Gasteiger charge is -2.13. The minimum Gasteiger partial charge on any atom is -0.507 e. The highest BCUT2D eigenvalue weighted by molar-refractivity contribution is 6.01. The Labute approximate surface area is 96.5 Å². The normalized spacial score (nSPS) is 14.9. The van der Waals surface area contributed by atoms with Crippen LogP contribution >= 0.6 is 0 Å². The molecule has 1 N–H and O–H groups in total. The van der Waals surface area contributed by atoms with Gasteiger partial charge in [0, 0.05) is 12.8 Å². The Morgan fingerprint density at radius 2 is 2.00 bits per heavy atom. The fourth-order valence-electron chi connectivity index (χ4n) is 2.26. The van der Waals surface area contributed by atoms with Gasteiger partial charge >= 0.3 is 0 Å². The van der Waals surface area contributed by atoms with E-state index < -0.39 is 5.43 Å². The van der Waals surface area contributed by atoms with Crippen LogP contribution in [0, 0.1) is 0 Å². The molecule has 0 spiro atoms. The van der Waals surface area contributed by atoms with E-state index in [0.29, 0.717) is 30.6 Å². The quantitative estimate of drug-likeness (QED) is 0.751. The lowest BCUT2D eigenvalue weighted by molar-refractivity contribution is 0.0966. The molecule has 0 fully saturated rings. The fourth-order valence-corrected chi connectivity index (χ4v) is 2.26. The van der Waals surface area contributed by atoms with Crippen molar-refractivity contribution in [3.8, 4) is 5.75 Å². The zero-order chi connectivity index (χ0) is 12.0. The third-order valence-electron chi connectivity index (χ3n) is 3.06. The lowest BCUT2D eigenvalue weighted by atomic mass is 9.94. The molecule has 0 radical (unpaired) electrons. The van der Waals surface area contributed by atoms with Gasteiger partial charge in [-0.2, -0.15) is 0 Å². The molecule has 1 aliphatic rings. The van der Waals surface area contributed by atoms with Gasteiger partial charge in [-0.1, -0.05) is 6.07 Å². The van der Waals surface area contributed by atoms with Crippen LogP contribution in [-0.2, 0) is 6.42 Å². The van der Waals surface area contributed by atoms with Crippen LogP contribution in [-0.4, -0.2) is 10.9 Å². The smallest absolute Gasteiger partial charge is 0.207 e. The number of benzene rings is 1. The predicted octanol–water partition coefficient (Wildman–Crippen LogP) is 2.02. The molecule has 3 rings (SSSR count). The second-order valence-corrected chi connectivity index (χ2v) is 4.16. The average molecular weight is 230 g/mol. The molecule has 2 aromatic rings. The number of aromatic hydroxyl groups is 1. The third-order valence-corrected chi connectivity index (χ3v) is 3.06. The highest BCUT2D eigenvalue weighted by atomic mass is 16.3. The van der Waals surface area contributed by atoms with Crippen molar-refractivity contribution < 1.29 is 14.3 Å². The number of hydrogen-bond donors (Lipinski definition) is 1. The molecule has 1 aromatic carbocycles. The number of phenols is 1. The molecule has 0 unspecified atom stereocenters. The molecule has 4 heteroatoms. The summed E-state index contributed by atoms with van der Waals surface area (Å²) in [7, 11) is 0. The van der Waals surface area contributed by atoms with Gasteiger partial charge in [0.1, 0.15) is 28.0 Å². The van der Waals surface area contributed by atoms with Crippen molar-refractivity contribution in [2.24, 2.45) is 0 Å². The molecule has 4 nitrogen and oxygen atoms in total. The topological polar surface area (TPSA) is 67.5 Å². The van der Waals surface area contributed by atoms with Crippen LogP contribution in [0.3, 0.4) is 0 Å². The van der Waals surface area contributed by atoms with Crippen molar-refractivity contribution in [1.29, 1.82) is 0 Å². The Morgan fingerprint density at radius 1 is 1.18 bits per heavy atom. The molecule has 0 saturated heterocycles. The molecule has 1 heterocycles. The summed E-state index contributed by atoms with van der Waals surface area (Å²) in [6, 6.07) is 4.65. The van der Waals surface area contributed by atoms with Gasteiger partial charge in [-0.25, -0.2) is 0 Å². The van der Waals surface area contributed by atoms with Crippen molar-refractivity contribution in [1.82, 2.24) is 0 Å². The number of carbonyl (C=O) groups excluding carboxylic acids is 1. The first kappa shape index (κ1) is 10.1. The van der Waals surface area contributed by atoms with Gasteiger partial charge in [0.2, 0.25) is 5.43 Å². The van der Waals surface area contributed by atoms with Gasteiger partial charge in [-0.05, 0) is 18.6 Å². The van der Waals surface area contributed by atoms with E-state index in [1.807, 2.05) is 0 Å². The highest BCUT2D eigenvalue weighted by Crippen LogP contribution is 2.27. The van der Waals surface area contributed by atoms with E-state index in [1.54, 1.807) is 12.1 Å². The number of hydrogen-bond acceptors (Lipinski definition) is 4. The first-order valence-corrected chi connectivity index (χ1v) is 5.49. The average Bonchev–Trinajstić information content (AvgIpc) is 2.28. The zero-order valence-corrected chi connectivity index (χ0v) is 9.03. The zero-order valence-electron chi connectivity index (χ0n) is 9.03. The minimum atomic E-state index is -0.413. The lowest BCUT2D eigenvalue weighted by Crippen LogP contribution is -2.22. The van der Waals surface area contributed by atoms with Crippen molar-refractivity contribution in [3.05, 3.63) is 39.7 Å².